The molecule has 0 amide bonds. The van der Waals surface area contributed by atoms with Gasteiger partial charge in [0.2, 0.25) is 0 Å². The van der Waals surface area contributed by atoms with Gasteiger partial charge >= 0.3 is 5.97 Å². The van der Waals surface area contributed by atoms with Crippen molar-refractivity contribution in [3.63, 3.8) is 0 Å². The standard InChI is InChI=1S/C18H32O3/c1-21-18(20)17-11-9-16(10-12-17)15-7-5-14(6-8-15)4-2-3-13-19/h14-17,19H,2-13H2,1H3. The van der Waals surface area contributed by atoms with Crippen LogP contribution in [-0.2, 0) is 9.53 Å². The van der Waals surface area contributed by atoms with E-state index in [1.54, 1.807) is 0 Å². The second-order valence-corrected chi connectivity index (χ2v) is 7.14. The zero-order valence-electron chi connectivity index (χ0n) is 13.6. The van der Waals surface area contributed by atoms with Crippen molar-refractivity contribution in [1.82, 2.24) is 0 Å². The van der Waals surface area contributed by atoms with E-state index in [0.29, 0.717) is 6.61 Å². The van der Waals surface area contributed by atoms with Crippen LogP contribution in [0.3, 0.4) is 0 Å². The van der Waals surface area contributed by atoms with Gasteiger partial charge in [-0.2, -0.15) is 0 Å². The molecule has 0 heterocycles. The van der Waals surface area contributed by atoms with Gasteiger partial charge in [0.1, 0.15) is 0 Å². The number of carbonyl (C=O) groups is 1. The lowest BCUT2D eigenvalue weighted by molar-refractivity contribution is -0.147. The van der Waals surface area contributed by atoms with E-state index in [0.717, 1.165) is 37.0 Å². The Hall–Kier alpha value is -0.570. The van der Waals surface area contributed by atoms with Gasteiger partial charge in [-0.25, -0.2) is 0 Å². The van der Waals surface area contributed by atoms with Gasteiger partial charge in [0.05, 0.1) is 13.0 Å². The SMILES string of the molecule is COC(=O)C1CCC(C2CCC(CCCCO)CC2)CC1. The average molecular weight is 296 g/mol. The molecule has 0 aromatic carbocycles. The van der Waals surface area contributed by atoms with Crippen LogP contribution in [-0.4, -0.2) is 24.8 Å². The van der Waals surface area contributed by atoms with Crippen LogP contribution >= 0.6 is 0 Å². The lowest BCUT2D eigenvalue weighted by atomic mass is 9.68. The Bertz CT molecular complexity index is 300. The molecule has 0 aliphatic heterocycles. The van der Waals surface area contributed by atoms with Crippen molar-refractivity contribution < 1.29 is 14.6 Å². The fourth-order valence-corrected chi connectivity index (χ4v) is 4.49. The third kappa shape index (κ3) is 4.98. The number of aliphatic hydroxyl groups is 1. The first kappa shape index (κ1) is 16.8. The predicted molar refractivity (Wildman–Crippen MR) is 83.8 cm³/mol. The lowest BCUT2D eigenvalue weighted by Crippen LogP contribution is -2.28. The van der Waals surface area contributed by atoms with Gasteiger partial charge < -0.3 is 9.84 Å². The van der Waals surface area contributed by atoms with E-state index in [2.05, 4.69) is 0 Å². The average Bonchev–Trinajstić information content (AvgIpc) is 2.55. The van der Waals surface area contributed by atoms with Gasteiger partial charge in [0.25, 0.3) is 0 Å². The van der Waals surface area contributed by atoms with Crippen molar-refractivity contribution in [3.8, 4) is 0 Å². The minimum atomic E-state index is 0.000964. The summed E-state index contributed by atoms with van der Waals surface area (Å²) in [5, 5.41) is 8.85. The van der Waals surface area contributed by atoms with Gasteiger partial charge in [-0.3, -0.25) is 4.79 Å². The second-order valence-electron chi connectivity index (χ2n) is 7.14. The molecule has 0 aromatic rings. The van der Waals surface area contributed by atoms with Crippen molar-refractivity contribution in [2.24, 2.45) is 23.7 Å². The first-order valence-corrected chi connectivity index (χ1v) is 8.93. The van der Waals surface area contributed by atoms with Crippen molar-refractivity contribution in [1.29, 1.82) is 0 Å². The number of methoxy groups -OCH3 is 1. The quantitative estimate of drug-likeness (QED) is 0.596. The number of hydrogen-bond acceptors (Lipinski definition) is 3. The molecule has 0 atom stereocenters. The maximum Gasteiger partial charge on any atom is 0.308 e. The first-order valence-electron chi connectivity index (χ1n) is 8.93. The van der Waals surface area contributed by atoms with Gasteiger partial charge in [0, 0.05) is 6.61 Å². The molecule has 0 radical (unpaired) electrons. The Morgan fingerprint density at radius 2 is 1.52 bits per heavy atom. The molecule has 2 aliphatic rings. The molecule has 122 valence electrons. The highest BCUT2D eigenvalue weighted by atomic mass is 16.5. The Labute approximate surface area is 129 Å². The number of esters is 1. The molecule has 0 bridgehead atoms. The van der Waals surface area contributed by atoms with Crippen LogP contribution in [0, 0.1) is 23.7 Å². The zero-order valence-corrected chi connectivity index (χ0v) is 13.6. The van der Waals surface area contributed by atoms with Gasteiger partial charge in [-0.05, 0) is 62.7 Å². The molecule has 3 nitrogen and oxygen atoms in total. The van der Waals surface area contributed by atoms with Crippen molar-refractivity contribution >= 4 is 5.97 Å². The topological polar surface area (TPSA) is 46.5 Å². The third-order valence-electron chi connectivity index (χ3n) is 5.88. The predicted octanol–water partition coefficient (Wildman–Crippen LogP) is 3.93. The molecular formula is C18H32O3. The molecule has 2 fully saturated rings. The smallest absolute Gasteiger partial charge is 0.308 e. The highest BCUT2D eigenvalue weighted by Gasteiger charge is 2.33. The molecule has 2 aliphatic carbocycles. The summed E-state index contributed by atoms with van der Waals surface area (Å²) in [6.45, 7) is 0.346. The third-order valence-corrected chi connectivity index (χ3v) is 5.88. The fourth-order valence-electron chi connectivity index (χ4n) is 4.49. The van der Waals surface area contributed by atoms with Crippen LogP contribution < -0.4 is 0 Å². The number of ether oxygens (including phenoxy) is 1. The summed E-state index contributed by atoms with van der Waals surface area (Å²) in [6, 6.07) is 0. The van der Waals surface area contributed by atoms with Crippen LogP contribution in [0.1, 0.15) is 70.6 Å². The van der Waals surface area contributed by atoms with Gasteiger partial charge in [-0.1, -0.05) is 25.7 Å². The van der Waals surface area contributed by atoms with Crippen LogP contribution in [0.4, 0.5) is 0 Å². The Morgan fingerprint density at radius 3 is 2.05 bits per heavy atom. The second kappa shape index (κ2) is 8.77. The van der Waals surface area contributed by atoms with Crippen molar-refractivity contribution in [2.75, 3.05) is 13.7 Å². The highest BCUT2D eigenvalue weighted by Crippen LogP contribution is 2.42. The Morgan fingerprint density at radius 1 is 0.952 bits per heavy atom. The summed E-state index contributed by atoms with van der Waals surface area (Å²) in [5.41, 5.74) is 0. The van der Waals surface area contributed by atoms with E-state index < -0.39 is 0 Å². The molecule has 3 heteroatoms. The van der Waals surface area contributed by atoms with Crippen molar-refractivity contribution in [2.45, 2.75) is 70.6 Å². The molecule has 0 spiro atoms. The van der Waals surface area contributed by atoms with Gasteiger partial charge in [-0.15, -0.1) is 0 Å². The fraction of sp³-hybridized carbons (Fsp3) is 0.944. The molecule has 2 rings (SSSR count). The van der Waals surface area contributed by atoms with Gasteiger partial charge in [0.15, 0.2) is 0 Å². The maximum absolute atomic E-state index is 11.6. The van der Waals surface area contributed by atoms with E-state index in [-0.39, 0.29) is 11.9 Å². The number of rotatable bonds is 6. The zero-order chi connectivity index (χ0) is 15.1. The summed E-state index contributed by atoms with van der Waals surface area (Å²) in [6.07, 6.45) is 13.5. The molecular weight excluding hydrogens is 264 g/mol. The van der Waals surface area contributed by atoms with E-state index in [1.165, 1.54) is 58.5 Å². The lowest BCUT2D eigenvalue weighted by Gasteiger charge is -2.37. The van der Waals surface area contributed by atoms with E-state index in [9.17, 15) is 4.79 Å². The molecule has 0 saturated heterocycles. The summed E-state index contributed by atoms with van der Waals surface area (Å²) in [4.78, 5) is 11.6. The molecule has 2 saturated carbocycles. The summed E-state index contributed by atoms with van der Waals surface area (Å²) in [5.74, 6) is 2.82. The highest BCUT2D eigenvalue weighted by molar-refractivity contribution is 5.72. The van der Waals surface area contributed by atoms with Crippen LogP contribution in [0.15, 0.2) is 0 Å². The molecule has 0 unspecified atom stereocenters. The van der Waals surface area contributed by atoms with E-state index in [4.69, 9.17) is 9.84 Å². The van der Waals surface area contributed by atoms with Crippen molar-refractivity contribution in [3.05, 3.63) is 0 Å². The number of unbranched alkanes of at least 4 members (excludes halogenated alkanes) is 1. The molecule has 1 N–H and O–H groups in total. The summed E-state index contributed by atoms with van der Waals surface area (Å²) >= 11 is 0. The summed E-state index contributed by atoms with van der Waals surface area (Å²) < 4.78 is 4.87. The van der Waals surface area contributed by atoms with Crippen LogP contribution in [0.2, 0.25) is 0 Å². The number of carbonyl (C=O) groups excluding carboxylic acids is 1. The first-order chi connectivity index (χ1) is 10.2. The Kier molecular flexibility index (Phi) is 7.01. The van der Waals surface area contributed by atoms with Crippen LogP contribution in [0.5, 0.6) is 0 Å². The maximum atomic E-state index is 11.6. The monoisotopic (exact) mass is 296 g/mol. The Balaban J connectivity index is 1.66. The normalized spacial score (nSPS) is 33.6. The largest absolute Gasteiger partial charge is 0.469 e. The van der Waals surface area contributed by atoms with E-state index in [1.807, 2.05) is 0 Å². The number of hydrogen-bond donors (Lipinski definition) is 1. The molecule has 0 aromatic heterocycles. The molecule has 21 heavy (non-hydrogen) atoms. The minimum absolute atomic E-state index is 0.000964. The van der Waals surface area contributed by atoms with Crippen LogP contribution in [0.25, 0.3) is 0 Å². The summed E-state index contributed by atoms with van der Waals surface area (Å²) in [7, 11) is 1.51. The minimum Gasteiger partial charge on any atom is -0.469 e. The van der Waals surface area contributed by atoms with E-state index >= 15 is 0 Å². The number of aliphatic hydroxyl groups excluding tert-OH is 1.